The van der Waals surface area contributed by atoms with Crippen molar-refractivity contribution >= 4 is 40.0 Å². The maximum atomic E-state index is 9.52. The Morgan fingerprint density at radius 3 is 2.67 bits per heavy atom. The van der Waals surface area contributed by atoms with Gasteiger partial charge in [-0.2, -0.15) is 0 Å². The fourth-order valence-electron chi connectivity index (χ4n) is 1.86. The number of nitrogens with zero attached hydrogens (tertiary/aromatic N) is 2. The van der Waals surface area contributed by atoms with Gasteiger partial charge in [0.25, 0.3) is 0 Å². The lowest BCUT2D eigenvalue weighted by atomic mass is 10.2. The fraction of sp³-hybridized carbons (Fsp3) is 0.333. The van der Waals surface area contributed by atoms with E-state index in [0.717, 1.165) is 40.0 Å². The lowest BCUT2D eigenvalue weighted by Gasteiger charge is -2.12. The minimum Gasteiger partial charge on any atom is -0.506 e. The molecule has 4 nitrogen and oxygen atoms in total. The Morgan fingerprint density at radius 2 is 2.05 bits per heavy atom. The Hall–Kier alpha value is -1.08. The number of phenolic OH excluding ortho intramolecular Hbond substituents is 1. The summed E-state index contributed by atoms with van der Waals surface area (Å²) < 4.78 is 1.05. The summed E-state index contributed by atoms with van der Waals surface area (Å²) in [6.07, 6.45) is 1.86. The molecule has 1 aromatic heterocycles. The molecule has 0 atom stereocenters. The molecule has 21 heavy (non-hydrogen) atoms. The van der Waals surface area contributed by atoms with Crippen LogP contribution in [0, 0.1) is 3.57 Å². The Morgan fingerprint density at radius 1 is 1.29 bits per heavy atom. The maximum absolute atomic E-state index is 9.52. The summed E-state index contributed by atoms with van der Waals surface area (Å²) in [5, 5.41) is 13.2. The number of benzene rings is 1. The molecule has 0 radical (unpaired) electrons. The highest BCUT2D eigenvalue weighted by molar-refractivity contribution is 14.1. The molecule has 1 aromatic carbocycles. The van der Waals surface area contributed by atoms with Crippen LogP contribution in [0.1, 0.15) is 26.0 Å². The molecular formula is C15H17ClIN3O. The van der Waals surface area contributed by atoms with Crippen LogP contribution in [0.4, 0.5) is 5.82 Å². The molecule has 2 N–H and O–H groups in total. The van der Waals surface area contributed by atoms with Crippen molar-refractivity contribution in [1.82, 2.24) is 9.97 Å². The monoisotopic (exact) mass is 417 g/mol. The summed E-state index contributed by atoms with van der Waals surface area (Å²) in [5.41, 5.74) is 1.80. The Bertz CT molecular complexity index is 649. The van der Waals surface area contributed by atoms with Gasteiger partial charge in [0.1, 0.15) is 11.6 Å². The largest absolute Gasteiger partial charge is 0.506 e. The summed E-state index contributed by atoms with van der Waals surface area (Å²) in [6, 6.07) is 5.01. The standard InChI is InChI=1S/C15H17ClIN3O/c1-3-7-18-15-13(17)11(4-2)19-14(20-15)9-5-6-12(21)10(16)8-9/h5-6,8,21H,3-4,7H2,1-2H3,(H,18,19,20). The van der Waals surface area contributed by atoms with Gasteiger partial charge >= 0.3 is 0 Å². The van der Waals surface area contributed by atoms with Gasteiger partial charge in [0.2, 0.25) is 0 Å². The first-order valence-corrected chi connectivity index (χ1v) is 8.31. The van der Waals surface area contributed by atoms with Crippen molar-refractivity contribution in [3.05, 3.63) is 32.5 Å². The highest BCUT2D eigenvalue weighted by Gasteiger charge is 2.13. The maximum Gasteiger partial charge on any atom is 0.161 e. The number of rotatable bonds is 5. The van der Waals surface area contributed by atoms with Crippen molar-refractivity contribution in [1.29, 1.82) is 0 Å². The van der Waals surface area contributed by atoms with E-state index in [0.29, 0.717) is 10.8 Å². The van der Waals surface area contributed by atoms with E-state index in [1.165, 1.54) is 0 Å². The van der Waals surface area contributed by atoms with Gasteiger partial charge in [-0.05, 0) is 53.6 Å². The molecule has 0 bridgehead atoms. The smallest absolute Gasteiger partial charge is 0.161 e. The van der Waals surface area contributed by atoms with Gasteiger partial charge in [0.05, 0.1) is 14.3 Å². The van der Waals surface area contributed by atoms with E-state index in [2.05, 4.69) is 51.7 Å². The molecule has 0 saturated carbocycles. The number of aromatic hydroxyl groups is 1. The number of hydrogen-bond acceptors (Lipinski definition) is 4. The number of hydrogen-bond donors (Lipinski definition) is 2. The topological polar surface area (TPSA) is 58.0 Å². The minimum absolute atomic E-state index is 0.0611. The quantitative estimate of drug-likeness (QED) is 0.704. The van der Waals surface area contributed by atoms with Crippen molar-refractivity contribution in [3.63, 3.8) is 0 Å². The number of aryl methyl sites for hydroxylation is 1. The molecule has 2 aromatic rings. The molecule has 0 fully saturated rings. The van der Waals surface area contributed by atoms with Gasteiger partial charge in [-0.25, -0.2) is 9.97 Å². The molecule has 0 spiro atoms. The van der Waals surface area contributed by atoms with Crippen molar-refractivity contribution in [3.8, 4) is 17.1 Å². The zero-order valence-electron chi connectivity index (χ0n) is 12.0. The summed E-state index contributed by atoms with van der Waals surface area (Å²) in [7, 11) is 0. The van der Waals surface area contributed by atoms with Gasteiger partial charge in [-0.3, -0.25) is 0 Å². The molecule has 2 rings (SSSR count). The summed E-state index contributed by atoms with van der Waals surface area (Å²) >= 11 is 8.24. The third-order valence-corrected chi connectivity index (χ3v) is 4.44. The van der Waals surface area contributed by atoms with Crippen LogP contribution in [-0.4, -0.2) is 21.6 Å². The third-order valence-electron chi connectivity index (χ3n) is 3.00. The Kier molecular flexibility index (Phi) is 5.64. The number of nitrogens with one attached hydrogen (secondary N) is 1. The fourth-order valence-corrected chi connectivity index (χ4v) is 2.86. The van der Waals surface area contributed by atoms with Crippen LogP contribution in [0.5, 0.6) is 5.75 Å². The molecule has 6 heteroatoms. The first-order valence-electron chi connectivity index (χ1n) is 6.86. The average molecular weight is 418 g/mol. The third kappa shape index (κ3) is 3.77. The lowest BCUT2D eigenvalue weighted by Crippen LogP contribution is -2.08. The molecule has 0 amide bonds. The van der Waals surface area contributed by atoms with Gasteiger partial charge in [-0.15, -0.1) is 0 Å². The average Bonchev–Trinajstić information content (AvgIpc) is 2.49. The molecule has 112 valence electrons. The zero-order chi connectivity index (χ0) is 15.4. The molecule has 0 aliphatic heterocycles. The normalized spacial score (nSPS) is 10.7. The van der Waals surface area contributed by atoms with Gasteiger partial charge in [-0.1, -0.05) is 25.4 Å². The first-order chi connectivity index (χ1) is 10.1. The van der Waals surface area contributed by atoms with Crippen LogP contribution in [0.25, 0.3) is 11.4 Å². The summed E-state index contributed by atoms with van der Waals surface area (Å²) in [6.45, 7) is 5.05. The molecule has 0 aliphatic rings. The molecular weight excluding hydrogens is 401 g/mol. The predicted molar refractivity (Wildman–Crippen MR) is 95.0 cm³/mol. The second kappa shape index (κ2) is 7.26. The van der Waals surface area contributed by atoms with Gasteiger partial charge < -0.3 is 10.4 Å². The minimum atomic E-state index is 0.0611. The Balaban J connectivity index is 2.49. The van der Waals surface area contributed by atoms with E-state index in [1.807, 2.05) is 0 Å². The van der Waals surface area contributed by atoms with E-state index in [9.17, 15) is 5.11 Å². The van der Waals surface area contributed by atoms with Crippen molar-refractivity contribution in [2.24, 2.45) is 0 Å². The van der Waals surface area contributed by atoms with Crippen molar-refractivity contribution < 1.29 is 5.11 Å². The van der Waals surface area contributed by atoms with Crippen LogP contribution in [0.3, 0.4) is 0 Å². The van der Waals surface area contributed by atoms with Crippen LogP contribution in [-0.2, 0) is 6.42 Å². The number of anilines is 1. The molecule has 1 heterocycles. The number of halogens is 2. The molecule has 0 unspecified atom stereocenters. The van der Waals surface area contributed by atoms with Crippen molar-refractivity contribution in [2.45, 2.75) is 26.7 Å². The summed E-state index contributed by atoms with van der Waals surface area (Å²) in [5.74, 6) is 1.53. The lowest BCUT2D eigenvalue weighted by molar-refractivity contribution is 0.475. The van der Waals surface area contributed by atoms with Crippen LogP contribution in [0.15, 0.2) is 18.2 Å². The van der Waals surface area contributed by atoms with Crippen LogP contribution in [0.2, 0.25) is 5.02 Å². The van der Waals surface area contributed by atoms with E-state index < -0.39 is 0 Å². The van der Waals surface area contributed by atoms with Crippen LogP contribution >= 0.6 is 34.2 Å². The Labute approximate surface area is 143 Å². The highest BCUT2D eigenvalue weighted by atomic mass is 127. The van der Waals surface area contributed by atoms with E-state index in [-0.39, 0.29) is 5.75 Å². The number of phenols is 1. The van der Waals surface area contributed by atoms with E-state index >= 15 is 0 Å². The molecule has 0 saturated heterocycles. The van der Waals surface area contributed by atoms with Crippen molar-refractivity contribution in [2.75, 3.05) is 11.9 Å². The van der Waals surface area contributed by atoms with Gasteiger partial charge in [0, 0.05) is 12.1 Å². The zero-order valence-corrected chi connectivity index (χ0v) is 14.9. The highest BCUT2D eigenvalue weighted by Crippen LogP contribution is 2.30. The first kappa shape index (κ1) is 16.3. The predicted octanol–water partition coefficient (Wildman–Crippen LogP) is 4.49. The second-order valence-corrected chi connectivity index (χ2v) is 6.09. The molecule has 0 aliphatic carbocycles. The SMILES string of the molecule is CCCNc1nc(-c2ccc(O)c(Cl)c2)nc(CC)c1I. The van der Waals surface area contributed by atoms with Crippen LogP contribution < -0.4 is 5.32 Å². The van der Waals surface area contributed by atoms with Gasteiger partial charge in [0.15, 0.2) is 5.82 Å². The summed E-state index contributed by atoms with van der Waals surface area (Å²) in [4.78, 5) is 9.19. The number of aromatic nitrogens is 2. The van der Waals surface area contributed by atoms with E-state index in [1.54, 1.807) is 18.2 Å². The second-order valence-electron chi connectivity index (χ2n) is 4.60. The van der Waals surface area contributed by atoms with E-state index in [4.69, 9.17) is 11.6 Å².